The lowest BCUT2D eigenvalue weighted by atomic mass is 10.2. The van der Waals surface area contributed by atoms with Crippen molar-refractivity contribution in [2.24, 2.45) is 0 Å². The molecule has 0 spiro atoms. The van der Waals surface area contributed by atoms with Crippen LogP contribution in [-0.2, 0) is 4.79 Å². The van der Waals surface area contributed by atoms with Crippen molar-refractivity contribution in [2.45, 2.75) is 12.5 Å². The fraction of sp³-hybridized carbons (Fsp3) is 0.273. The average molecular weight is 229 g/mol. The van der Waals surface area contributed by atoms with E-state index in [0.717, 1.165) is 11.3 Å². The summed E-state index contributed by atoms with van der Waals surface area (Å²) in [5.74, 6) is 0.794. The van der Waals surface area contributed by atoms with Crippen LogP contribution in [0.25, 0.3) is 11.2 Å². The Hall–Kier alpha value is -2.24. The number of carbonyl (C=O) groups is 1. The van der Waals surface area contributed by atoms with Crippen LogP contribution < -0.4 is 10.6 Å². The van der Waals surface area contributed by atoms with Crippen LogP contribution in [0, 0.1) is 0 Å². The molecule has 1 aliphatic rings. The van der Waals surface area contributed by atoms with E-state index < -0.39 is 0 Å². The van der Waals surface area contributed by atoms with Crippen molar-refractivity contribution in [3.63, 3.8) is 0 Å². The van der Waals surface area contributed by atoms with Crippen molar-refractivity contribution in [1.82, 2.24) is 20.3 Å². The molecule has 2 aromatic rings. The zero-order chi connectivity index (χ0) is 11.7. The molecule has 3 heterocycles. The number of rotatable bonds is 2. The molecule has 3 rings (SSSR count). The van der Waals surface area contributed by atoms with Crippen molar-refractivity contribution < 1.29 is 4.79 Å². The van der Waals surface area contributed by atoms with E-state index >= 15 is 0 Å². The molecule has 1 aliphatic heterocycles. The Balaban J connectivity index is 1.83. The van der Waals surface area contributed by atoms with E-state index in [0.29, 0.717) is 18.6 Å². The van der Waals surface area contributed by atoms with E-state index in [1.165, 1.54) is 0 Å². The van der Waals surface area contributed by atoms with Crippen LogP contribution >= 0.6 is 0 Å². The molecule has 1 atom stereocenters. The molecule has 86 valence electrons. The van der Waals surface area contributed by atoms with Gasteiger partial charge in [0, 0.05) is 25.4 Å². The number of aromatic nitrogens is 3. The van der Waals surface area contributed by atoms with Gasteiger partial charge in [0.15, 0.2) is 5.65 Å². The van der Waals surface area contributed by atoms with Crippen LogP contribution in [0.15, 0.2) is 24.5 Å². The molecule has 0 aliphatic carbocycles. The second-order valence-corrected chi connectivity index (χ2v) is 3.95. The Morgan fingerprint density at radius 1 is 1.29 bits per heavy atom. The zero-order valence-corrected chi connectivity index (χ0v) is 9.05. The fourth-order valence-corrected chi connectivity index (χ4v) is 1.85. The van der Waals surface area contributed by atoms with E-state index in [1.54, 1.807) is 12.4 Å². The first-order valence-corrected chi connectivity index (χ1v) is 5.42. The molecule has 17 heavy (non-hydrogen) atoms. The van der Waals surface area contributed by atoms with Crippen molar-refractivity contribution in [2.75, 3.05) is 11.9 Å². The second-order valence-electron chi connectivity index (χ2n) is 3.95. The Morgan fingerprint density at radius 3 is 3.00 bits per heavy atom. The maximum atomic E-state index is 11.1. The van der Waals surface area contributed by atoms with Crippen LogP contribution in [0.3, 0.4) is 0 Å². The molecule has 0 aromatic carbocycles. The highest BCUT2D eigenvalue weighted by molar-refractivity contribution is 5.79. The molecule has 2 aromatic heterocycles. The Labute approximate surface area is 97.5 Å². The molecule has 1 fully saturated rings. The number of anilines is 1. The minimum atomic E-state index is 0.0723. The molecule has 6 heteroatoms. The summed E-state index contributed by atoms with van der Waals surface area (Å²) in [6, 6.07) is 3.81. The predicted octanol–water partition coefficient (Wildman–Crippen LogP) is 0.325. The lowest BCUT2D eigenvalue weighted by molar-refractivity contribution is -0.119. The third kappa shape index (κ3) is 2.01. The van der Waals surface area contributed by atoms with Gasteiger partial charge in [-0.3, -0.25) is 9.78 Å². The highest BCUT2D eigenvalue weighted by Crippen LogP contribution is 2.13. The van der Waals surface area contributed by atoms with E-state index in [4.69, 9.17) is 0 Å². The Bertz CT molecular complexity index is 571. The number of nitrogens with one attached hydrogen (secondary N) is 2. The summed E-state index contributed by atoms with van der Waals surface area (Å²) in [6.45, 7) is 0.638. The second kappa shape index (κ2) is 3.97. The van der Waals surface area contributed by atoms with Gasteiger partial charge in [-0.05, 0) is 12.1 Å². The largest absolute Gasteiger partial charge is 0.365 e. The topological polar surface area (TPSA) is 79.8 Å². The molecule has 0 radical (unpaired) electrons. The third-order valence-corrected chi connectivity index (χ3v) is 2.66. The normalized spacial score (nSPS) is 19.3. The first-order valence-electron chi connectivity index (χ1n) is 5.42. The number of nitrogens with zero attached hydrogens (tertiary/aromatic N) is 3. The van der Waals surface area contributed by atoms with Gasteiger partial charge in [-0.1, -0.05) is 0 Å². The molecule has 1 saturated heterocycles. The molecule has 1 amide bonds. The molecule has 0 saturated carbocycles. The number of hydrogen-bond donors (Lipinski definition) is 2. The lowest BCUT2D eigenvalue weighted by Gasteiger charge is -2.10. The number of pyridine rings is 1. The Morgan fingerprint density at radius 2 is 2.18 bits per heavy atom. The van der Waals surface area contributed by atoms with E-state index in [1.807, 2.05) is 12.1 Å². The van der Waals surface area contributed by atoms with E-state index in [9.17, 15) is 4.79 Å². The monoisotopic (exact) mass is 229 g/mol. The van der Waals surface area contributed by atoms with Crippen LogP contribution in [0.5, 0.6) is 0 Å². The van der Waals surface area contributed by atoms with Gasteiger partial charge in [-0.15, -0.1) is 0 Å². The van der Waals surface area contributed by atoms with Crippen molar-refractivity contribution in [3.8, 4) is 0 Å². The predicted molar refractivity (Wildman–Crippen MR) is 62.4 cm³/mol. The van der Waals surface area contributed by atoms with Gasteiger partial charge in [0.1, 0.15) is 11.3 Å². The molecule has 6 nitrogen and oxygen atoms in total. The number of amides is 1. The van der Waals surface area contributed by atoms with Crippen LogP contribution in [0.1, 0.15) is 6.42 Å². The summed E-state index contributed by atoms with van der Waals surface area (Å²) in [6.07, 6.45) is 3.73. The molecular weight excluding hydrogens is 218 g/mol. The van der Waals surface area contributed by atoms with Gasteiger partial charge in [0.2, 0.25) is 5.91 Å². The highest BCUT2D eigenvalue weighted by atomic mass is 16.1. The minimum Gasteiger partial charge on any atom is -0.365 e. The van der Waals surface area contributed by atoms with Gasteiger partial charge >= 0.3 is 0 Å². The fourth-order valence-electron chi connectivity index (χ4n) is 1.85. The SMILES string of the molecule is O=C1CC(Nc2ccc3nccnc3n2)CN1. The molecule has 2 N–H and O–H groups in total. The minimum absolute atomic E-state index is 0.0723. The summed E-state index contributed by atoms with van der Waals surface area (Å²) < 4.78 is 0. The molecule has 1 unspecified atom stereocenters. The van der Waals surface area contributed by atoms with Crippen molar-refractivity contribution in [1.29, 1.82) is 0 Å². The smallest absolute Gasteiger partial charge is 0.222 e. The van der Waals surface area contributed by atoms with Gasteiger partial charge in [0.25, 0.3) is 0 Å². The first kappa shape index (κ1) is 9.95. The molecular formula is C11H11N5O. The number of fused-ring (bicyclic) bond motifs is 1. The van der Waals surface area contributed by atoms with Crippen LogP contribution in [0.2, 0.25) is 0 Å². The lowest BCUT2D eigenvalue weighted by Crippen LogP contribution is -2.22. The van der Waals surface area contributed by atoms with Crippen molar-refractivity contribution in [3.05, 3.63) is 24.5 Å². The van der Waals surface area contributed by atoms with E-state index in [-0.39, 0.29) is 11.9 Å². The summed E-state index contributed by atoms with van der Waals surface area (Å²) in [5.41, 5.74) is 1.37. The zero-order valence-electron chi connectivity index (χ0n) is 9.05. The standard InChI is InChI=1S/C11H11N5O/c17-10-5-7(6-14-10)15-9-2-1-8-11(16-9)13-4-3-12-8/h1-4,7H,5-6H2,(H,14,17)(H,13,15,16). The summed E-state index contributed by atoms with van der Waals surface area (Å²) in [5, 5.41) is 5.97. The maximum absolute atomic E-state index is 11.1. The summed E-state index contributed by atoms with van der Waals surface area (Å²) in [7, 11) is 0. The van der Waals surface area contributed by atoms with Crippen LogP contribution in [0.4, 0.5) is 5.82 Å². The third-order valence-electron chi connectivity index (χ3n) is 2.66. The first-order chi connectivity index (χ1) is 8.31. The quantitative estimate of drug-likeness (QED) is 0.775. The van der Waals surface area contributed by atoms with E-state index in [2.05, 4.69) is 25.6 Å². The molecule has 0 bridgehead atoms. The van der Waals surface area contributed by atoms with Crippen molar-refractivity contribution >= 4 is 22.9 Å². The van der Waals surface area contributed by atoms with Crippen LogP contribution in [-0.4, -0.2) is 33.4 Å². The number of carbonyl (C=O) groups excluding carboxylic acids is 1. The van der Waals surface area contributed by atoms with Gasteiger partial charge in [-0.2, -0.15) is 0 Å². The maximum Gasteiger partial charge on any atom is 0.222 e. The summed E-state index contributed by atoms with van der Waals surface area (Å²) in [4.78, 5) is 23.7. The Kier molecular flexibility index (Phi) is 2.32. The number of hydrogen-bond acceptors (Lipinski definition) is 5. The van der Waals surface area contributed by atoms with Gasteiger partial charge in [0.05, 0.1) is 6.04 Å². The average Bonchev–Trinajstić information content (AvgIpc) is 2.75. The highest BCUT2D eigenvalue weighted by Gasteiger charge is 2.21. The van der Waals surface area contributed by atoms with Gasteiger partial charge in [-0.25, -0.2) is 9.97 Å². The summed E-state index contributed by atoms with van der Waals surface area (Å²) >= 11 is 0. The van der Waals surface area contributed by atoms with Gasteiger partial charge < -0.3 is 10.6 Å².